The molecule has 2 amide bonds. The minimum Gasteiger partial charge on any atom is -0.457 e. The summed E-state index contributed by atoms with van der Waals surface area (Å²) in [4.78, 5) is 26.8. The van der Waals surface area contributed by atoms with Gasteiger partial charge in [0.05, 0.1) is 5.69 Å². The number of furan rings is 1. The quantitative estimate of drug-likeness (QED) is 0.319. The van der Waals surface area contributed by atoms with Gasteiger partial charge in [-0.05, 0) is 74.1 Å². The van der Waals surface area contributed by atoms with E-state index in [2.05, 4.69) is 21.2 Å². The Balaban J connectivity index is 1.68. The fourth-order valence-electron chi connectivity index (χ4n) is 3.12. The SMILES string of the molecule is Cc1ccc(N2C(=O)C(=Cc3ccc(-c4ccc(C)cc4Br)o3)C(=O)NC2=S)cc1. The van der Waals surface area contributed by atoms with E-state index >= 15 is 0 Å². The Morgan fingerprint density at radius 3 is 2.40 bits per heavy atom. The van der Waals surface area contributed by atoms with E-state index in [9.17, 15) is 9.59 Å². The van der Waals surface area contributed by atoms with Crippen LogP contribution >= 0.6 is 28.1 Å². The molecule has 5 nitrogen and oxygen atoms in total. The lowest BCUT2D eigenvalue weighted by Crippen LogP contribution is -2.54. The van der Waals surface area contributed by atoms with Crippen LogP contribution in [0.15, 0.2) is 69.1 Å². The van der Waals surface area contributed by atoms with Gasteiger partial charge in [0.15, 0.2) is 5.11 Å². The van der Waals surface area contributed by atoms with E-state index in [1.54, 1.807) is 24.3 Å². The average molecular weight is 481 g/mol. The van der Waals surface area contributed by atoms with Crippen LogP contribution in [0.1, 0.15) is 16.9 Å². The number of thiocarbonyl (C=S) groups is 1. The van der Waals surface area contributed by atoms with Crippen molar-refractivity contribution in [1.82, 2.24) is 5.32 Å². The van der Waals surface area contributed by atoms with Crippen molar-refractivity contribution in [2.75, 3.05) is 4.90 Å². The topological polar surface area (TPSA) is 62.6 Å². The summed E-state index contributed by atoms with van der Waals surface area (Å²) >= 11 is 8.77. The first-order chi connectivity index (χ1) is 14.3. The van der Waals surface area contributed by atoms with E-state index < -0.39 is 11.8 Å². The fraction of sp³-hybridized carbons (Fsp3) is 0.0870. The number of rotatable bonds is 3. The van der Waals surface area contributed by atoms with Gasteiger partial charge in [-0.3, -0.25) is 19.8 Å². The van der Waals surface area contributed by atoms with E-state index in [1.165, 1.54) is 11.0 Å². The van der Waals surface area contributed by atoms with Crippen LogP contribution in [0.25, 0.3) is 17.4 Å². The van der Waals surface area contributed by atoms with Crippen LogP contribution in [0.4, 0.5) is 5.69 Å². The van der Waals surface area contributed by atoms with Gasteiger partial charge in [0.1, 0.15) is 17.1 Å². The molecule has 1 aliphatic heterocycles. The molecule has 0 saturated carbocycles. The van der Waals surface area contributed by atoms with E-state index in [0.29, 0.717) is 17.2 Å². The Morgan fingerprint density at radius 1 is 1.00 bits per heavy atom. The molecule has 1 N–H and O–H groups in total. The summed E-state index contributed by atoms with van der Waals surface area (Å²) in [5.74, 6) is -0.0270. The van der Waals surface area contributed by atoms with E-state index in [0.717, 1.165) is 21.2 Å². The molecule has 30 heavy (non-hydrogen) atoms. The zero-order valence-electron chi connectivity index (χ0n) is 16.2. The van der Waals surface area contributed by atoms with Gasteiger partial charge in [-0.15, -0.1) is 0 Å². The van der Waals surface area contributed by atoms with Gasteiger partial charge in [-0.2, -0.15) is 0 Å². The average Bonchev–Trinajstić information content (AvgIpc) is 3.15. The second-order valence-corrected chi connectivity index (χ2v) is 8.22. The number of hydrogen-bond donors (Lipinski definition) is 1. The van der Waals surface area contributed by atoms with Crippen LogP contribution in [0, 0.1) is 13.8 Å². The van der Waals surface area contributed by atoms with Crippen molar-refractivity contribution in [2.24, 2.45) is 0 Å². The Morgan fingerprint density at radius 2 is 1.70 bits per heavy atom. The zero-order valence-corrected chi connectivity index (χ0v) is 18.6. The fourth-order valence-corrected chi connectivity index (χ4v) is 4.09. The molecule has 0 aliphatic carbocycles. The maximum absolute atomic E-state index is 13.1. The molecular weight excluding hydrogens is 464 g/mol. The lowest BCUT2D eigenvalue weighted by Gasteiger charge is -2.28. The Kier molecular flexibility index (Phi) is 5.40. The van der Waals surface area contributed by atoms with Crippen molar-refractivity contribution in [3.8, 4) is 11.3 Å². The monoisotopic (exact) mass is 480 g/mol. The molecule has 0 bridgehead atoms. The molecule has 7 heteroatoms. The van der Waals surface area contributed by atoms with Gasteiger partial charge in [0.2, 0.25) is 0 Å². The van der Waals surface area contributed by atoms with Crippen molar-refractivity contribution >= 4 is 56.8 Å². The number of aryl methyl sites for hydroxylation is 2. The third-order valence-corrected chi connectivity index (χ3v) is 5.64. The standard InChI is InChI=1S/C23H17BrN2O3S/c1-13-3-6-15(7-4-13)26-22(28)18(21(27)25-23(26)30)12-16-8-10-20(29-16)17-9-5-14(2)11-19(17)24/h3-12H,1-2H3,(H,25,27,30). The highest BCUT2D eigenvalue weighted by Crippen LogP contribution is 2.31. The van der Waals surface area contributed by atoms with Gasteiger partial charge >= 0.3 is 0 Å². The number of nitrogens with one attached hydrogen (secondary N) is 1. The molecule has 1 fully saturated rings. The van der Waals surface area contributed by atoms with Gasteiger partial charge in [0.25, 0.3) is 11.8 Å². The second kappa shape index (κ2) is 8.01. The Hall–Kier alpha value is -3.03. The van der Waals surface area contributed by atoms with E-state index in [4.69, 9.17) is 16.6 Å². The molecule has 1 aromatic heterocycles. The predicted molar refractivity (Wildman–Crippen MR) is 124 cm³/mol. The van der Waals surface area contributed by atoms with Crippen LogP contribution in [0.3, 0.4) is 0 Å². The maximum Gasteiger partial charge on any atom is 0.270 e. The van der Waals surface area contributed by atoms with Crippen LogP contribution in [-0.4, -0.2) is 16.9 Å². The molecular formula is C23H17BrN2O3S. The molecule has 0 spiro atoms. The smallest absolute Gasteiger partial charge is 0.270 e. The van der Waals surface area contributed by atoms with Crippen LogP contribution < -0.4 is 10.2 Å². The Bertz CT molecular complexity index is 1210. The normalized spacial score (nSPS) is 15.6. The lowest BCUT2D eigenvalue weighted by atomic mass is 10.1. The van der Waals surface area contributed by atoms with Gasteiger partial charge < -0.3 is 4.42 Å². The summed E-state index contributed by atoms with van der Waals surface area (Å²) in [5.41, 5.74) is 3.60. The molecule has 4 rings (SSSR count). The first-order valence-electron chi connectivity index (χ1n) is 9.18. The highest BCUT2D eigenvalue weighted by Gasteiger charge is 2.34. The number of halogens is 1. The Labute approximate surface area is 187 Å². The molecule has 0 atom stereocenters. The third-order valence-electron chi connectivity index (χ3n) is 4.70. The van der Waals surface area contributed by atoms with Gasteiger partial charge in [0, 0.05) is 10.0 Å². The molecule has 3 aromatic rings. The number of carbonyl (C=O) groups excluding carboxylic acids is 2. The molecule has 1 saturated heterocycles. The summed E-state index contributed by atoms with van der Waals surface area (Å²) in [6.45, 7) is 3.96. The number of anilines is 1. The summed E-state index contributed by atoms with van der Waals surface area (Å²) in [7, 11) is 0. The number of benzene rings is 2. The van der Waals surface area contributed by atoms with Crippen molar-refractivity contribution in [2.45, 2.75) is 13.8 Å². The van der Waals surface area contributed by atoms with E-state index in [-0.39, 0.29) is 10.7 Å². The van der Waals surface area contributed by atoms with Crippen LogP contribution in [-0.2, 0) is 9.59 Å². The van der Waals surface area contributed by atoms with Crippen LogP contribution in [0.5, 0.6) is 0 Å². The number of nitrogens with zero attached hydrogens (tertiary/aromatic N) is 1. The lowest BCUT2D eigenvalue weighted by molar-refractivity contribution is -0.122. The molecule has 2 heterocycles. The second-order valence-electron chi connectivity index (χ2n) is 6.98. The van der Waals surface area contributed by atoms with Crippen molar-refractivity contribution in [3.05, 3.63) is 81.5 Å². The minimum atomic E-state index is -0.553. The highest BCUT2D eigenvalue weighted by atomic mass is 79.9. The predicted octanol–water partition coefficient (Wildman–Crippen LogP) is 5.16. The molecule has 0 unspecified atom stereocenters. The maximum atomic E-state index is 13.1. The summed E-state index contributed by atoms with van der Waals surface area (Å²) in [6, 6.07) is 16.8. The summed E-state index contributed by atoms with van der Waals surface area (Å²) in [6.07, 6.45) is 1.44. The first-order valence-corrected chi connectivity index (χ1v) is 10.4. The minimum absolute atomic E-state index is 0.0481. The summed E-state index contributed by atoms with van der Waals surface area (Å²) in [5, 5.41) is 2.63. The van der Waals surface area contributed by atoms with E-state index in [1.807, 2.05) is 44.2 Å². The van der Waals surface area contributed by atoms with Crippen molar-refractivity contribution in [1.29, 1.82) is 0 Å². The summed E-state index contributed by atoms with van der Waals surface area (Å²) < 4.78 is 6.78. The molecule has 150 valence electrons. The highest BCUT2D eigenvalue weighted by molar-refractivity contribution is 9.10. The number of hydrogen-bond acceptors (Lipinski definition) is 4. The zero-order chi connectivity index (χ0) is 21.4. The van der Waals surface area contributed by atoms with Crippen LogP contribution in [0.2, 0.25) is 0 Å². The largest absolute Gasteiger partial charge is 0.457 e. The molecule has 1 aliphatic rings. The van der Waals surface area contributed by atoms with Crippen molar-refractivity contribution in [3.63, 3.8) is 0 Å². The molecule has 2 aromatic carbocycles. The number of amides is 2. The van der Waals surface area contributed by atoms with Gasteiger partial charge in [-0.25, -0.2) is 0 Å². The number of carbonyl (C=O) groups is 2. The van der Waals surface area contributed by atoms with Crippen molar-refractivity contribution < 1.29 is 14.0 Å². The third kappa shape index (κ3) is 3.86. The van der Waals surface area contributed by atoms with Gasteiger partial charge in [-0.1, -0.05) is 39.7 Å². The first kappa shape index (κ1) is 20.3. The molecule has 0 radical (unpaired) electrons.